The van der Waals surface area contributed by atoms with Crippen molar-refractivity contribution in [3.05, 3.63) is 35.4 Å². The third-order valence-corrected chi connectivity index (χ3v) is 3.88. The Bertz CT molecular complexity index is 362. The van der Waals surface area contributed by atoms with Crippen LogP contribution in [-0.4, -0.2) is 5.11 Å². The van der Waals surface area contributed by atoms with E-state index in [2.05, 4.69) is 25.1 Å². The predicted octanol–water partition coefficient (Wildman–Crippen LogP) is 3.82. The molecule has 0 aromatic heterocycles. The maximum absolute atomic E-state index is 10.2. The van der Waals surface area contributed by atoms with Gasteiger partial charge in [-0.15, -0.1) is 0 Å². The highest BCUT2D eigenvalue weighted by Crippen LogP contribution is 2.42. The van der Waals surface area contributed by atoms with E-state index in [0.29, 0.717) is 5.92 Å². The van der Waals surface area contributed by atoms with Crippen LogP contribution < -0.4 is 0 Å². The molecule has 0 bridgehead atoms. The molecule has 1 heteroatoms. The van der Waals surface area contributed by atoms with E-state index in [1.54, 1.807) is 0 Å². The van der Waals surface area contributed by atoms with Gasteiger partial charge in [-0.3, -0.25) is 0 Å². The third kappa shape index (κ3) is 2.15. The van der Waals surface area contributed by atoms with Crippen molar-refractivity contribution < 1.29 is 5.11 Å². The van der Waals surface area contributed by atoms with Crippen LogP contribution in [0.2, 0.25) is 0 Å². The molecule has 0 heterocycles. The third-order valence-electron chi connectivity index (χ3n) is 3.88. The van der Waals surface area contributed by atoms with Crippen molar-refractivity contribution in [3.8, 4) is 0 Å². The molecule has 0 aliphatic heterocycles. The smallest absolute Gasteiger partial charge is 0.0843 e. The second-order valence-electron chi connectivity index (χ2n) is 5.66. The molecule has 0 saturated heterocycles. The minimum atomic E-state index is -0.723. The van der Waals surface area contributed by atoms with E-state index in [-0.39, 0.29) is 0 Å². The molecule has 1 fully saturated rings. The summed E-state index contributed by atoms with van der Waals surface area (Å²) in [7, 11) is 0. The summed E-state index contributed by atoms with van der Waals surface area (Å²) < 4.78 is 0. The van der Waals surface area contributed by atoms with Crippen molar-refractivity contribution in [1.82, 2.24) is 0 Å². The van der Waals surface area contributed by atoms with Gasteiger partial charge in [0.2, 0.25) is 0 Å². The summed E-state index contributed by atoms with van der Waals surface area (Å²) in [6.45, 7) is 6.09. The number of hydrogen-bond acceptors (Lipinski definition) is 1. The van der Waals surface area contributed by atoms with Gasteiger partial charge in [0.25, 0.3) is 0 Å². The molecular formula is C15H22O. The first-order chi connectivity index (χ1) is 7.50. The van der Waals surface area contributed by atoms with E-state index in [1.807, 2.05) is 19.9 Å². The first kappa shape index (κ1) is 11.7. The Kier molecular flexibility index (Phi) is 3.07. The monoisotopic (exact) mass is 218 g/mol. The molecule has 1 N–H and O–H groups in total. The van der Waals surface area contributed by atoms with Crippen molar-refractivity contribution in [2.75, 3.05) is 0 Å². The van der Waals surface area contributed by atoms with Gasteiger partial charge in [-0.2, -0.15) is 0 Å². The average Bonchev–Trinajstić information content (AvgIpc) is 2.63. The minimum absolute atomic E-state index is 0.641. The number of aliphatic hydroxyl groups is 1. The van der Waals surface area contributed by atoms with Gasteiger partial charge >= 0.3 is 0 Å². The van der Waals surface area contributed by atoms with E-state index in [1.165, 1.54) is 24.8 Å². The van der Waals surface area contributed by atoms with Gasteiger partial charge in [0, 0.05) is 0 Å². The molecule has 2 atom stereocenters. The van der Waals surface area contributed by atoms with E-state index in [9.17, 15) is 5.11 Å². The molecule has 1 aromatic carbocycles. The SMILES string of the molecule is CC1CCCC1c1ccccc1C(C)(C)O. The number of hydrogen-bond donors (Lipinski definition) is 1. The van der Waals surface area contributed by atoms with Crippen LogP contribution in [0, 0.1) is 5.92 Å². The van der Waals surface area contributed by atoms with Crippen LogP contribution >= 0.6 is 0 Å². The zero-order valence-corrected chi connectivity index (χ0v) is 10.5. The summed E-state index contributed by atoms with van der Waals surface area (Å²) in [5.74, 6) is 1.39. The van der Waals surface area contributed by atoms with Gasteiger partial charge in [-0.1, -0.05) is 44.0 Å². The van der Waals surface area contributed by atoms with Crippen molar-refractivity contribution in [1.29, 1.82) is 0 Å². The maximum atomic E-state index is 10.2. The molecule has 0 amide bonds. The lowest BCUT2D eigenvalue weighted by molar-refractivity contribution is 0.0770. The molecule has 88 valence electrons. The molecule has 1 aliphatic carbocycles. The lowest BCUT2D eigenvalue weighted by atomic mass is 9.82. The summed E-state index contributed by atoms with van der Waals surface area (Å²) in [6.07, 6.45) is 3.92. The molecule has 1 saturated carbocycles. The Labute approximate surface area is 98.5 Å². The zero-order valence-electron chi connectivity index (χ0n) is 10.5. The van der Waals surface area contributed by atoms with Crippen LogP contribution in [0.1, 0.15) is 57.1 Å². The highest BCUT2D eigenvalue weighted by molar-refractivity contribution is 5.35. The van der Waals surface area contributed by atoms with E-state index in [0.717, 1.165) is 11.5 Å². The molecule has 0 radical (unpaired) electrons. The Morgan fingerprint density at radius 3 is 2.44 bits per heavy atom. The number of benzene rings is 1. The molecule has 2 rings (SSSR count). The van der Waals surface area contributed by atoms with Crippen molar-refractivity contribution in [2.45, 2.75) is 51.6 Å². The molecule has 16 heavy (non-hydrogen) atoms. The standard InChI is InChI=1S/C15H22O/c1-11-7-6-9-12(11)13-8-4-5-10-14(13)15(2,3)16/h4-5,8,10-12,16H,6-7,9H2,1-3H3. The predicted molar refractivity (Wildman–Crippen MR) is 67.4 cm³/mol. The van der Waals surface area contributed by atoms with Crippen molar-refractivity contribution in [2.24, 2.45) is 5.92 Å². The lowest BCUT2D eigenvalue weighted by Crippen LogP contribution is -2.20. The summed E-state index contributed by atoms with van der Waals surface area (Å²) in [5, 5.41) is 10.2. The first-order valence-corrected chi connectivity index (χ1v) is 6.32. The Morgan fingerprint density at radius 2 is 1.88 bits per heavy atom. The van der Waals surface area contributed by atoms with Crippen LogP contribution in [-0.2, 0) is 5.60 Å². The summed E-state index contributed by atoms with van der Waals surface area (Å²) in [6, 6.07) is 8.38. The second kappa shape index (κ2) is 4.21. The van der Waals surface area contributed by atoms with E-state index >= 15 is 0 Å². The van der Waals surface area contributed by atoms with Crippen LogP contribution in [0.25, 0.3) is 0 Å². The van der Waals surface area contributed by atoms with Gasteiger partial charge in [0.05, 0.1) is 5.60 Å². The Morgan fingerprint density at radius 1 is 1.19 bits per heavy atom. The molecule has 2 unspecified atom stereocenters. The Balaban J connectivity index is 2.40. The highest BCUT2D eigenvalue weighted by Gasteiger charge is 2.29. The highest BCUT2D eigenvalue weighted by atomic mass is 16.3. The summed E-state index contributed by atoms with van der Waals surface area (Å²) in [5.41, 5.74) is 1.74. The fraction of sp³-hybridized carbons (Fsp3) is 0.600. The van der Waals surface area contributed by atoms with Gasteiger partial charge in [0.1, 0.15) is 0 Å². The maximum Gasteiger partial charge on any atom is 0.0843 e. The summed E-state index contributed by atoms with van der Waals surface area (Å²) >= 11 is 0. The van der Waals surface area contributed by atoms with Crippen LogP contribution in [0.4, 0.5) is 0 Å². The van der Waals surface area contributed by atoms with Gasteiger partial charge in [-0.25, -0.2) is 0 Å². The molecule has 1 aromatic rings. The topological polar surface area (TPSA) is 20.2 Å². The van der Waals surface area contributed by atoms with E-state index < -0.39 is 5.60 Å². The Hall–Kier alpha value is -0.820. The van der Waals surface area contributed by atoms with Crippen LogP contribution in [0.5, 0.6) is 0 Å². The van der Waals surface area contributed by atoms with E-state index in [4.69, 9.17) is 0 Å². The largest absolute Gasteiger partial charge is 0.386 e. The van der Waals surface area contributed by atoms with Crippen molar-refractivity contribution >= 4 is 0 Å². The number of rotatable bonds is 2. The van der Waals surface area contributed by atoms with Gasteiger partial charge in [-0.05, 0) is 43.2 Å². The van der Waals surface area contributed by atoms with Crippen LogP contribution in [0.3, 0.4) is 0 Å². The molecular weight excluding hydrogens is 196 g/mol. The van der Waals surface area contributed by atoms with Gasteiger partial charge < -0.3 is 5.11 Å². The molecule has 0 spiro atoms. The van der Waals surface area contributed by atoms with Crippen LogP contribution in [0.15, 0.2) is 24.3 Å². The second-order valence-corrected chi connectivity index (χ2v) is 5.66. The fourth-order valence-electron chi connectivity index (χ4n) is 2.98. The van der Waals surface area contributed by atoms with Crippen molar-refractivity contribution in [3.63, 3.8) is 0 Å². The summed E-state index contributed by atoms with van der Waals surface area (Å²) in [4.78, 5) is 0. The first-order valence-electron chi connectivity index (χ1n) is 6.32. The normalized spacial score (nSPS) is 26.0. The minimum Gasteiger partial charge on any atom is -0.386 e. The zero-order chi connectivity index (χ0) is 11.8. The van der Waals surface area contributed by atoms with Gasteiger partial charge in [0.15, 0.2) is 0 Å². The lowest BCUT2D eigenvalue weighted by Gasteiger charge is -2.26. The fourth-order valence-corrected chi connectivity index (χ4v) is 2.98. The quantitative estimate of drug-likeness (QED) is 0.800. The average molecular weight is 218 g/mol. The molecule has 1 nitrogen and oxygen atoms in total. The molecule has 1 aliphatic rings.